The molecule has 0 bridgehead atoms. The molecule has 1 aromatic carbocycles. The van der Waals surface area contributed by atoms with Gasteiger partial charge >= 0.3 is 0 Å². The molecule has 1 aliphatic heterocycles. The molecule has 6 heteroatoms. The van der Waals surface area contributed by atoms with Crippen molar-refractivity contribution in [3.63, 3.8) is 0 Å². The first-order valence-electron chi connectivity index (χ1n) is 6.83. The van der Waals surface area contributed by atoms with Crippen LogP contribution in [-0.2, 0) is 0 Å². The van der Waals surface area contributed by atoms with Crippen molar-refractivity contribution in [3.05, 3.63) is 29.6 Å². The minimum absolute atomic E-state index is 0.179. The maximum Gasteiger partial charge on any atom is 0.245 e. The number of benzene rings is 1. The fourth-order valence-electron chi connectivity index (χ4n) is 2.51. The van der Waals surface area contributed by atoms with E-state index in [2.05, 4.69) is 20.1 Å². The van der Waals surface area contributed by atoms with Gasteiger partial charge in [-0.1, -0.05) is 0 Å². The van der Waals surface area contributed by atoms with Crippen LogP contribution in [0.4, 0.5) is 10.3 Å². The molecule has 1 saturated heterocycles. The fourth-order valence-corrected chi connectivity index (χ4v) is 2.51. The lowest BCUT2D eigenvalue weighted by molar-refractivity contribution is 0.500. The summed E-state index contributed by atoms with van der Waals surface area (Å²) in [6, 6.07) is 5.10. The van der Waals surface area contributed by atoms with E-state index in [1.54, 1.807) is 19.1 Å². The Labute approximate surface area is 117 Å². The summed E-state index contributed by atoms with van der Waals surface area (Å²) in [6.07, 6.45) is 2.10. The first kappa shape index (κ1) is 13.1. The van der Waals surface area contributed by atoms with Crippen molar-refractivity contribution in [2.75, 3.05) is 18.0 Å². The number of nitrogens with two attached hydrogens (primary N) is 1. The maximum absolute atomic E-state index is 13.3. The number of H-pyrrole nitrogens is 1. The van der Waals surface area contributed by atoms with Crippen molar-refractivity contribution in [3.8, 4) is 11.4 Å². The highest BCUT2D eigenvalue weighted by Gasteiger charge is 2.20. The van der Waals surface area contributed by atoms with E-state index in [1.165, 1.54) is 6.07 Å². The molecule has 0 spiro atoms. The van der Waals surface area contributed by atoms with Crippen LogP contribution >= 0.6 is 0 Å². The summed E-state index contributed by atoms with van der Waals surface area (Å²) < 4.78 is 13.3. The number of halogens is 1. The Kier molecular flexibility index (Phi) is 3.40. The first-order chi connectivity index (χ1) is 9.63. The lowest BCUT2D eigenvalue weighted by atomic mass is 10.1. The molecule has 1 atom stereocenters. The van der Waals surface area contributed by atoms with Gasteiger partial charge < -0.3 is 10.6 Å². The van der Waals surface area contributed by atoms with E-state index in [-0.39, 0.29) is 11.9 Å². The van der Waals surface area contributed by atoms with Crippen molar-refractivity contribution in [2.24, 2.45) is 5.73 Å². The Morgan fingerprint density at radius 2 is 2.30 bits per heavy atom. The molecule has 1 aromatic heterocycles. The van der Waals surface area contributed by atoms with Gasteiger partial charge in [-0.25, -0.2) is 4.39 Å². The van der Waals surface area contributed by atoms with Crippen molar-refractivity contribution in [2.45, 2.75) is 25.8 Å². The van der Waals surface area contributed by atoms with E-state index in [0.29, 0.717) is 17.3 Å². The second kappa shape index (κ2) is 5.20. The number of aromatic nitrogens is 3. The van der Waals surface area contributed by atoms with Crippen LogP contribution in [-0.4, -0.2) is 34.3 Å². The zero-order valence-corrected chi connectivity index (χ0v) is 11.4. The molecule has 0 aliphatic carbocycles. The molecule has 1 unspecified atom stereocenters. The maximum atomic E-state index is 13.3. The molecule has 106 valence electrons. The molecule has 20 heavy (non-hydrogen) atoms. The summed E-state index contributed by atoms with van der Waals surface area (Å²) in [6.45, 7) is 3.44. The summed E-state index contributed by atoms with van der Waals surface area (Å²) in [7, 11) is 0. The Morgan fingerprint density at radius 1 is 1.45 bits per heavy atom. The second-order valence-electron chi connectivity index (χ2n) is 5.30. The zero-order chi connectivity index (χ0) is 14.1. The average Bonchev–Trinajstić information content (AvgIpc) is 2.92. The molecule has 2 heterocycles. The highest BCUT2D eigenvalue weighted by atomic mass is 19.1. The molecule has 3 N–H and O–H groups in total. The van der Waals surface area contributed by atoms with Crippen LogP contribution in [0, 0.1) is 12.7 Å². The van der Waals surface area contributed by atoms with Crippen LogP contribution in [0.5, 0.6) is 0 Å². The van der Waals surface area contributed by atoms with Gasteiger partial charge in [0.1, 0.15) is 5.82 Å². The van der Waals surface area contributed by atoms with Gasteiger partial charge in [0.2, 0.25) is 5.95 Å². The Hall–Kier alpha value is -1.95. The first-order valence-corrected chi connectivity index (χ1v) is 6.83. The van der Waals surface area contributed by atoms with Crippen LogP contribution in [0.3, 0.4) is 0 Å². The average molecular weight is 275 g/mol. The fraction of sp³-hybridized carbons (Fsp3) is 0.429. The summed E-state index contributed by atoms with van der Waals surface area (Å²) in [5.41, 5.74) is 7.40. The lowest BCUT2D eigenvalue weighted by Crippen LogP contribution is -2.43. The summed E-state index contributed by atoms with van der Waals surface area (Å²) in [5.74, 6) is 1.11. The molecule has 1 fully saturated rings. The SMILES string of the molecule is Cc1cc(-c2nc(N3CCCC(N)C3)n[nH]2)ccc1F. The van der Waals surface area contributed by atoms with Gasteiger partial charge in [-0.05, 0) is 43.5 Å². The molecular formula is C14H18FN5. The number of nitrogens with zero attached hydrogens (tertiary/aromatic N) is 3. The number of piperidine rings is 1. The quantitative estimate of drug-likeness (QED) is 0.877. The highest BCUT2D eigenvalue weighted by molar-refractivity contribution is 5.57. The number of hydrogen-bond acceptors (Lipinski definition) is 4. The van der Waals surface area contributed by atoms with E-state index in [1.807, 2.05) is 0 Å². The second-order valence-corrected chi connectivity index (χ2v) is 5.30. The topological polar surface area (TPSA) is 70.8 Å². The van der Waals surface area contributed by atoms with Crippen LogP contribution < -0.4 is 10.6 Å². The molecule has 0 saturated carbocycles. The molecule has 0 amide bonds. The number of anilines is 1. The Morgan fingerprint density at radius 3 is 3.05 bits per heavy atom. The number of hydrogen-bond donors (Lipinski definition) is 2. The number of rotatable bonds is 2. The summed E-state index contributed by atoms with van der Waals surface area (Å²) in [5, 5.41) is 7.16. The molecule has 2 aromatic rings. The van der Waals surface area contributed by atoms with E-state index in [0.717, 1.165) is 31.5 Å². The number of nitrogens with one attached hydrogen (secondary N) is 1. The zero-order valence-electron chi connectivity index (χ0n) is 11.4. The van der Waals surface area contributed by atoms with Crippen molar-refractivity contribution < 1.29 is 4.39 Å². The number of aryl methyl sites for hydroxylation is 1. The third-order valence-corrected chi connectivity index (χ3v) is 3.65. The Balaban J connectivity index is 1.84. The van der Waals surface area contributed by atoms with Gasteiger partial charge in [-0.2, -0.15) is 4.98 Å². The van der Waals surface area contributed by atoms with Gasteiger partial charge in [0.25, 0.3) is 0 Å². The minimum Gasteiger partial charge on any atom is -0.338 e. The molecular weight excluding hydrogens is 257 g/mol. The number of aromatic amines is 1. The standard InChI is InChI=1S/C14H18FN5/c1-9-7-10(4-5-12(9)15)13-17-14(19-18-13)20-6-2-3-11(16)8-20/h4-5,7,11H,2-3,6,8,16H2,1H3,(H,17,18,19). The van der Waals surface area contributed by atoms with E-state index in [9.17, 15) is 4.39 Å². The molecule has 3 rings (SSSR count). The minimum atomic E-state index is -0.213. The van der Waals surface area contributed by atoms with Crippen molar-refractivity contribution >= 4 is 5.95 Å². The molecule has 0 radical (unpaired) electrons. The van der Waals surface area contributed by atoms with Gasteiger partial charge in [0.05, 0.1) is 0 Å². The smallest absolute Gasteiger partial charge is 0.245 e. The van der Waals surface area contributed by atoms with E-state index < -0.39 is 0 Å². The molecule has 5 nitrogen and oxygen atoms in total. The predicted octanol–water partition coefficient (Wildman–Crippen LogP) is 1.85. The van der Waals surface area contributed by atoms with Crippen molar-refractivity contribution in [1.29, 1.82) is 0 Å². The third kappa shape index (κ3) is 2.51. The lowest BCUT2D eigenvalue weighted by Gasteiger charge is -2.29. The van der Waals surface area contributed by atoms with E-state index in [4.69, 9.17) is 5.73 Å². The van der Waals surface area contributed by atoms with Gasteiger partial charge in [0.15, 0.2) is 5.82 Å². The van der Waals surface area contributed by atoms with Crippen molar-refractivity contribution in [1.82, 2.24) is 15.2 Å². The van der Waals surface area contributed by atoms with Crippen LogP contribution in [0.25, 0.3) is 11.4 Å². The van der Waals surface area contributed by atoms with Gasteiger partial charge in [-0.15, -0.1) is 5.10 Å². The normalized spacial score (nSPS) is 19.4. The third-order valence-electron chi connectivity index (χ3n) is 3.65. The predicted molar refractivity (Wildman–Crippen MR) is 75.9 cm³/mol. The van der Waals surface area contributed by atoms with Crippen LogP contribution in [0.15, 0.2) is 18.2 Å². The molecule has 1 aliphatic rings. The van der Waals surface area contributed by atoms with Crippen LogP contribution in [0.2, 0.25) is 0 Å². The Bertz CT molecular complexity index is 609. The van der Waals surface area contributed by atoms with Crippen LogP contribution in [0.1, 0.15) is 18.4 Å². The van der Waals surface area contributed by atoms with E-state index >= 15 is 0 Å². The summed E-state index contributed by atoms with van der Waals surface area (Å²) >= 11 is 0. The largest absolute Gasteiger partial charge is 0.338 e. The van der Waals surface area contributed by atoms with Gasteiger partial charge in [0, 0.05) is 24.7 Å². The highest BCUT2D eigenvalue weighted by Crippen LogP contribution is 2.21. The monoisotopic (exact) mass is 275 g/mol. The summed E-state index contributed by atoms with van der Waals surface area (Å²) in [4.78, 5) is 6.58. The van der Waals surface area contributed by atoms with Gasteiger partial charge in [-0.3, -0.25) is 5.10 Å².